The van der Waals surface area contributed by atoms with Gasteiger partial charge in [-0.1, -0.05) is 23.7 Å². The summed E-state index contributed by atoms with van der Waals surface area (Å²) >= 11 is 11.1. The molecule has 10 heteroatoms. The number of ether oxygens (including phenoxy) is 2. The number of carbonyl (C=O) groups excluding carboxylic acids is 2. The highest BCUT2D eigenvalue weighted by Gasteiger charge is 2.14. The van der Waals surface area contributed by atoms with Crippen LogP contribution in [0.3, 0.4) is 0 Å². The molecule has 0 aliphatic carbocycles. The summed E-state index contributed by atoms with van der Waals surface area (Å²) in [5.74, 6) is 0.572. The first-order valence-electron chi connectivity index (χ1n) is 8.31. The molecular weight excluding hydrogens is 404 g/mol. The van der Waals surface area contributed by atoms with Crippen LogP contribution in [0.25, 0.3) is 0 Å². The number of halogens is 1. The van der Waals surface area contributed by atoms with E-state index in [1.54, 1.807) is 42.5 Å². The Morgan fingerprint density at radius 1 is 0.964 bits per heavy atom. The summed E-state index contributed by atoms with van der Waals surface area (Å²) in [5.41, 5.74) is 6.19. The Morgan fingerprint density at radius 3 is 2.54 bits per heavy atom. The van der Waals surface area contributed by atoms with E-state index in [1.165, 1.54) is 0 Å². The third-order valence-corrected chi connectivity index (χ3v) is 4.21. The number of fused-ring (bicyclic) bond motifs is 1. The quantitative estimate of drug-likeness (QED) is 0.436. The maximum Gasteiger partial charge on any atom is 0.238 e. The first-order valence-corrected chi connectivity index (χ1v) is 9.10. The molecule has 0 aromatic heterocycles. The lowest BCUT2D eigenvalue weighted by molar-refractivity contribution is -0.124. The van der Waals surface area contributed by atoms with E-state index >= 15 is 0 Å². The van der Waals surface area contributed by atoms with Crippen molar-refractivity contribution >= 4 is 52.1 Å². The molecule has 0 fully saturated rings. The summed E-state index contributed by atoms with van der Waals surface area (Å²) in [4.78, 5) is 23.8. The van der Waals surface area contributed by atoms with Crippen LogP contribution in [0.1, 0.15) is 12.8 Å². The second-order valence-electron chi connectivity index (χ2n) is 5.72. The highest BCUT2D eigenvalue weighted by Crippen LogP contribution is 2.34. The topological polar surface area (TPSA) is 101 Å². The lowest BCUT2D eigenvalue weighted by Gasteiger charge is -2.12. The first-order chi connectivity index (χ1) is 13.5. The average Bonchev–Trinajstić information content (AvgIpc) is 3.14. The summed E-state index contributed by atoms with van der Waals surface area (Å²) in [5, 5.41) is 6.18. The highest BCUT2D eigenvalue weighted by atomic mass is 35.5. The Bertz CT molecular complexity index is 909. The van der Waals surface area contributed by atoms with Gasteiger partial charge in [-0.05, 0) is 36.5 Å². The molecule has 1 heterocycles. The van der Waals surface area contributed by atoms with Crippen LogP contribution in [-0.4, -0.2) is 23.7 Å². The number of benzene rings is 2. The first kappa shape index (κ1) is 19.7. The lowest BCUT2D eigenvalue weighted by Crippen LogP contribution is -2.43. The molecule has 2 amide bonds. The minimum absolute atomic E-state index is 0.00108. The van der Waals surface area contributed by atoms with E-state index in [9.17, 15) is 9.59 Å². The molecule has 0 saturated heterocycles. The van der Waals surface area contributed by atoms with E-state index in [0.29, 0.717) is 27.9 Å². The minimum atomic E-state index is -0.385. The van der Waals surface area contributed by atoms with Gasteiger partial charge in [0.2, 0.25) is 18.6 Å². The van der Waals surface area contributed by atoms with E-state index in [2.05, 4.69) is 21.5 Å². The Morgan fingerprint density at radius 2 is 1.71 bits per heavy atom. The van der Waals surface area contributed by atoms with Gasteiger partial charge in [0.1, 0.15) is 0 Å². The summed E-state index contributed by atoms with van der Waals surface area (Å²) in [6.07, 6.45) is -0.0169. The SMILES string of the molecule is O=C(CCC(=O)Nc1ccccc1Cl)NNC(=S)Nc1ccc2c(c1)OCO2. The predicted molar refractivity (Wildman–Crippen MR) is 109 cm³/mol. The van der Waals surface area contributed by atoms with Gasteiger partial charge < -0.3 is 20.1 Å². The number of anilines is 2. The smallest absolute Gasteiger partial charge is 0.238 e. The third kappa shape index (κ3) is 5.48. The largest absolute Gasteiger partial charge is 0.454 e. The van der Waals surface area contributed by atoms with E-state index < -0.39 is 0 Å². The molecule has 28 heavy (non-hydrogen) atoms. The van der Waals surface area contributed by atoms with Crippen molar-refractivity contribution < 1.29 is 19.1 Å². The molecule has 1 aliphatic rings. The number of hydrazine groups is 1. The number of para-hydroxylation sites is 1. The zero-order chi connectivity index (χ0) is 19.9. The number of hydrogen-bond donors (Lipinski definition) is 4. The monoisotopic (exact) mass is 420 g/mol. The molecule has 146 valence electrons. The fraction of sp³-hybridized carbons (Fsp3) is 0.167. The van der Waals surface area contributed by atoms with Crippen molar-refractivity contribution in [2.45, 2.75) is 12.8 Å². The van der Waals surface area contributed by atoms with Gasteiger partial charge in [0, 0.05) is 24.6 Å². The Labute approximate surface area is 171 Å². The molecule has 8 nitrogen and oxygen atoms in total. The molecule has 0 unspecified atom stereocenters. The van der Waals surface area contributed by atoms with Crippen molar-refractivity contribution in [3.8, 4) is 11.5 Å². The molecule has 2 aromatic rings. The summed E-state index contributed by atoms with van der Waals surface area (Å²) < 4.78 is 10.5. The molecule has 0 atom stereocenters. The van der Waals surface area contributed by atoms with E-state index in [4.69, 9.17) is 33.3 Å². The maximum atomic E-state index is 11.9. The molecule has 1 aliphatic heterocycles. The summed E-state index contributed by atoms with van der Waals surface area (Å²) in [6.45, 7) is 0.182. The van der Waals surface area contributed by atoms with Crippen molar-refractivity contribution in [2.24, 2.45) is 0 Å². The van der Waals surface area contributed by atoms with Gasteiger partial charge >= 0.3 is 0 Å². The molecule has 0 radical (unpaired) electrons. The zero-order valence-electron chi connectivity index (χ0n) is 14.6. The molecule has 0 bridgehead atoms. The molecular formula is C18H17ClN4O4S. The molecule has 0 saturated carbocycles. The van der Waals surface area contributed by atoms with E-state index in [0.717, 1.165) is 0 Å². The summed E-state index contributed by atoms with van der Waals surface area (Å²) in [6, 6.07) is 12.1. The molecule has 3 rings (SSSR count). The van der Waals surface area contributed by atoms with Gasteiger partial charge in [-0.2, -0.15) is 0 Å². The fourth-order valence-corrected chi connectivity index (χ4v) is 2.68. The standard InChI is InChI=1S/C18H17ClN4O4S/c19-12-3-1-2-4-13(12)21-16(24)7-8-17(25)22-23-18(28)20-11-5-6-14-15(9-11)27-10-26-14/h1-6,9H,7-8,10H2,(H,21,24)(H,22,25)(H2,20,23,28). The van der Waals surface area contributed by atoms with Crippen molar-refractivity contribution in [3.63, 3.8) is 0 Å². The van der Waals surface area contributed by atoms with Crippen LogP contribution < -0.4 is 31.0 Å². The van der Waals surface area contributed by atoms with Crippen molar-refractivity contribution in [2.75, 3.05) is 17.4 Å². The second kappa shape index (κ2) is 9.25. The highest BCUT2D eigenvalue weighted by molar-refractivity contribution is 7.80. The van der Waals surface area contributed by atoms with E-state index in [1.807, 2.05) is 0 Å². The Hall–Kier alpha value is -3.04. The summed E-state index contributed by atoms with van der Waals surface area (Å²) in [7, 11) is 0. The number of rotatable bonds is 5. The fourth-order valence-electron chi connectivity index (χ4n) is 2.33. The predicted octanol–water partition coefficient (Wildman–Crippen LogP) is 2.81. The molecule has 0 spiro atoms. The lowest BCUT2D eigenvalue weighted by atomic mass is 10.2. The number of thiocarbonyl (C=S) groups is 1. The molecule has 2 aromatic carbocycles. The minimum Gasteiger partial charge on any atom is -0.454 e. The number of hydrogen-bond acceptors (Lipinski definition) is 5. The Kier molecular flexibility index (Phi) is 6.51. The zero-order valence-corrected chi connectivity index (χ0v) is 16.2. The van der Waals surface area contributed by atoms with Crippen LogP contribution in [0.5, 0.6) is 11.5 Å². The van der Waals surface area contributed by atoms with Gasteiger partial charge in [0.25, 0.3) is 0 Å². The third-order valence-electron chi connectivity index (χ3n) is 3.67. The van der Waals surface area contributed by atoms with Crippen LogP contribution in [0, 0.1) is 0 Å². The molecule has 4 N–H and O–H groups in total. The average molecular weight is 421 g/mol. The normalized spacial score (nSPS) is 11.5. The van der Waals surface area contributed by atoms with Crippen LogP contribution >= 0.6 is 23.8 Å². The van der Waals surface area contributed by atoms with Crippen LogP contribution in [-0.2, 0) is 9.59 Å². The number of nitrogens with one attached hydrogen (secondary N) is 4. The van der Waals surface area contributed by atoms with Crippen molar-refractivity contribution in [1.29, 1.82) is 0 Å². The van der Waals surface area contributed by atoms with Gasteiger partial charge in [0.15, 0.2) is 16.6 Å². The van der Waals surface area contributed by atoms with Crippen molar-refractivity contribution in [3.05, 3.63) is 47.5 Å². The van der Waals surface area contributed by atoms with Crippen molar-refractivity contribution in [1.82, 2.24) is 10.9 Å². The van der Waals surface area contributed by atoms with Crippen LogP contribution in [0.2, 0.25) is 5.02 Å². The van der Waals surface area contributed by atoms with Gasteiger partial charge in [-0.25, -0.2) is 0 Å². The second-order valence-corrected chi connectivity index (χ2v) is 6.54. The number of amides is 2. The van der Waals surface area contributed by atoms with E-state index in [-0.39, 0.29) is 36.6 Å². The van der Waals surface area contributed by atoms with Gasteiger partial charge in [-0.15, -0.1) is 0 Å². The van der Waals surface area contributed by atoms with Gasteiger partial charge in [0.05, 0.1) is 10.7 Å². The van der Waals surface area contributed by atoms with Crippen LogP contribution in [0.4, 0.5) is 11.4 Å². The number of carbonyl (C=O) groups is 2. The Balaban J connectivity index is 1.37. The van der Waals surface area contributed by atoms with Gasteiger partial charge in [-0.3, -0.25) is 20.4 Å². The maximum absolute atomic E-state index is 11.9. The van der Waals surface area contributed by atoms with Crippen LogP contribution in [0.15, 0.2) is 42.5 Å².